The van der Waals surface area contributed by atoms with Gasteiger partial charge < -0.3 is 9.14 Å². The van der Waals surface area contributed by atoms with E-state index < -0.39 is 38.6 Å². The van der Waals surface area contributed by atoms with Crippen LogP contribution < -0.4 is 14.8 Å². The van der Waals surface area contributed by atoms with Gasteiger partial charge in [0.1, 0.15) is 22.4 Å². The number of pyridine rings is 1. The number of aryl methyl sites for hydroxylation is 1. The maximum absolute atomic E-state index is 15.3. The topological polar surface area (TPSA) is 131 Å². The number of amides is 1. The van der Waals surface area contributed by atoms with E-state index in [2.05, 4.69) is 11.1 Å². The molecule has 1 aliphatic heterocycles. The number of rotatable bonds is 4. The SMILES string of the molecule is Cc1nc2ccc(C#N)cn2c1CN1C(=O)[C@@H](C)Oc2c(F)cc(-c3ccc(F)c(S(N)(=O)=O)c3)cc21. The molecule has 188 valence electrons. The predicted molar refractivity (Wildman–Crippen MR) is 129 cm³/mol. The minimum Gasteiger partial charge on any atom is -0.476 e. The Morgan fingerprint density at radius 1 is 1.14 bits per heavy atom. The number of nitrogens with two attached hydrogens (primary N) is 1. The number of hydrogen-bond donors (Lipinski definition) is 1. The number of sulfonamides is 1. The van der Waals surface area contributed by atoms with E-state index in [1.165, 1.54) is 24.0 Å². The minimum atomic E-state index is -4.37. The van der Waals surface area contributed by atoms with Crippen molar-refractivity contribution in [2.24, 2.45) is 5.14 Å². The van der Waals surface area contributed by atoms with Crippen LogP contribution in [0.1, 0.15) is 23.9 Å². The van der Waals surface area contributed by atoms with Crippen LogP contribution in [0.3, 0.4) is 0 Å². The molecule has 1 atom stereocenters. The number of aromatic nitrogens is 2. The molecule has 0 saturated heterocycles. The average molecular weight is 524 g/mol. The zero-order chi connectivity index (χ0) is 26.6. The number of primary sulfonamides is 1. The Morgan fingerprint density at radius 2 is 1.89 bits per heavy atom. The maximum Gasteiger partial charge on any atom is 0.268 e. The van der Waals surface area contributed by atoms with Crippen molar-refractivity contribution in [2.45, 2.75) is 31.4 Å². The number of fused-ring (bicyclic) bond motifs is 2. The zero-order valence-electron chi connectivity index (χ0n) is 19.6. The third kappa shape index (κ3) is 4.18. The molecule has 0 radical (unpaired) electrons. The van der Waals surface area contributed by atoms with E-state index >= 15 is 4.39 Å². The molecule has 0 aliphatic carbocycles. The number of carbonyl (C=O) groups is 1. The van der Waals surface area contributed by atoms with Crippen molar-refractivity contribution in [3.8, 4) is 22.9 Å². The molecule has 2 aromatic carbocycles. The smallest absolute Gasteiger partial charge is 0.268 e. The Labute approximate surface area is 210 Å². The van der Waals surface area contributed by atoms with E-state index in [0.29, 0.717) is 22.6 Å². The molecule has 2 N–H and O–H groups in total. The molecular weight excluding hydrogens is 504 g/mol. The lowest BCUT2D eigenvalue weighted by Crippen LogP contribution is -2.44. The summed E-state index contributed by atoms with van der Waals surface area (Å²) < 4.78 is 60.2. The van der Waals surface area contributed by atoms with Crippen LogP contribution in [0, 0.1) is 29.9 Å². The number of halogens is 2. The predicted octanol–water partition coefficient (Wildman–Crippen LogP) is 3.42. The molecule has 0 fully saturated rings. The van der Waals surface area contributed by atoms with Crippen molar-refractivity contribution in [2.75, 3.05) is 4.90 Å². The van der Waals surface area contributed by atoms with Crippen molar-refractivity contribution in [1.82, 2.24) is 9.38 Å². The second kappa shape index (κ2) is 8.65. The Morgan fingerprint density at radius 3 is 2.59 bits per heavy atom. The van der Waals surface area contributed by atoms with Gasteiger partial charge in [-0.3, -0.25) is 9.69 Å². The fraction of sp³-hybridized carbons (Fsp3) is 0.160. The first-order valence-electron chi connectivity index (χ1n) is 11.0. The Kier molecular flexibility index (Phi) is 5.69. The number of imidazole rings is 1. The van der Waals surface area contributed by atoms with Gasteiger partial charge in [0.05, 0.1) is 29.2 Å². The van der Waals surface area contributed by atoms with Crippen LogP contribution in [0.15, 0.2) is 53.6 Å². The number of carbonyl (C=O) groups excluding carboxylic acids is 1. The number of hydrogen-bond acceptors (Lipinski definition) is 6. The molecule has 1 amide bonds. The van der Waals surface area contributed by atoms with E-state index in [1.807, 2.05) is 0 Å². The lowest BCUT2D eigenvalue weighted by molar-refractivity contribution is -0.125. The lowest BCUT2D eigenvalue weighted by Gasteiger charge is -2.33. The average Bonchev–Trinajstić information content (AvgIpc) is 3.15. The van der Waals surface area contributed by atoms with Gasteiger partial charge in [-0.1, -0.05) is 6.07 Å². The number of nitrogens with zero attached hydrogens (tertiary/aromatic N) is 4. The fourth-order valence-electron chi connectivity index (χ4n) is 4.31. The quantitative estimate of drug-likeness (QED) is 0.436. The summed E-state index contributed by atoms with van der Waals surface area (Å²) in [5.74, 6) is -2.44. The number of anilines is 1. The first-order chi connectivity index (χ1) is 17.5. The first-order valence-corrected chi connectivity index (χ1v) is 12.5. The Hall–Kier alpha value is -4.34. The van der Waals surface area contributed by atoms with Gasteiger partial charge in [-0.05, 0) is 61.4 Å². The summed E-state index contributed by atoms with van der Waals surface area (Å²) in [6.07, 6.45) is 0.617. The van der Waals surface area contributed by atoms with E-state index in [0.717, 1.165) is 18.2 Å². The summed E-state index contributed by atoms with van der Waals surface area (Å²) in [4.78, 5) is 18.3. The molecule has 0 bridgehead atoms. The van der Waals surface area contributed by atoms with Crippen LogP contribution in [-0.4, -0.2) is 29.8 Å². The lowest BCUT2D eigenvalue weighted by atomic mass is 10.0. The highest BCUT2D eigenvalue weighted by atomic mass is 32.2. The van der Waals surface area contributed by atoms with Crippen molar-refractivity contribution in [1.29, 1.82) is 5.26 Å². The highest BCUT2D eigenvalue weighted by molar-refractivity contribution is 7.89. The van der Waals surface area contributed by atoms with Crippen LogP contribution in [0.2, 0.25) is 0 Å². The summed E-state index contributed by atoms with van der Waals surface area (Å²) in [6.45, 7) is 3.24. The van der Waals surface area contributed by atoms with Gasteiger partial charge in [0.2, 0.25) is 10.0 Å². The molecule has 4 aromatic rings. The second-order valence-corrected chi connectivity index (χ2v) is 10.1. The van der Waals surface area contributed by atoms with Gasteiger partial charge in [0.15, 0.2) is 17.7 Å². The molecule has 1 aliphatic rings. The molecule has 12 heteroatoms. The Bertz CT molecular complexity index is 1760. The summed E-state index contributed by atoms with van der Waals surface area (Å²) >= 11 is 0. The normalized spacial score (nSPS) is 15.4. The van der Waals surface area contributed by atoms with Crippen molar-refractivity contribution < 1.29 is 26.7 Å². The van der Waals surface area contributed by atoms with Gasteiger partial charge in [-0.2, -0.15) is 5.26 Å². The first kappa shape index (κ1) is 24.4. The zero-order valence-corrected chi connectivity index (χ0v) is 20.4. The van der Waals surface area contributed by atoms with E-state index in [9.17, 15) is 22.9 Å². The molecule has 3 heterocycles. The van der Waals surface area contributed by atoms with Gasteiger partial charge in [0.25, 0.3) is 5.91 Å². The third-order valence-electron chi connectivity index (χ3n) is 6.15. The molecule has 0 saturated carbocycles. The van der Waals surface area contributed by atoms with Crippen molar-refractivity contribution >= 4 is 27.3 Å². The molecule has 2 aromatic heterocycles. The molecule has 0 spiro atoms. The minimum absolute atomic E-state index is 0.0177. The van der Waals surface area contributed by atoms with Crippen LogP contribution in [0.25, 0.3) is 16.8 Å². The molecule has 9 nitrogen and oxygen atoms in total. The molecule has 0 unspecified atom stereocenters. The van der Waals surface area contributed by atoms with Crippen LogP contribution in [-0.2, 0) is 21.4 Å². The van der Waals surface area contributed by atoms with Gasteiger partial charge >= 0.3 is 0 Å². The monoisotopic (exact) mass is 523 g/mol. The second-order valence-electron chi connectivity index (χ2n) is 8.58. The maximum atomic E-state index is 15.3. The summed E-state index contributed by atoms with van der Waals surface area (Å²) in [5, 5.41) is 14.4. The summed E-state index contributed by atoms with van der Waals surface area (Å²) in [5.41, 5.74) is 2.62. The number of nitriles is 1. The summed E-state index contributed by atoms with van der Waals surface area (Å²) in [7, 11) is -4.37. The fourth-order valence-corrected chi connectivity index (χ4v) is 4.94. The van der Waals surface area contributed by atoms with Crippen LogP contribution in [0.4, 0.5) is 14.5 Å². The summed E-state index contributed by atoms with van der Waals surface area (Å²) in [6, 6.07) is 11.1. The van der Waals surface area contributed by atoms with Crippen LogP contribution >= 0.6 is 0 Å². The van der Waals surface area contributed by atoms with Gasteiger partial charge in [-0.15, -0.1) is 0 Å². The highest BCUT2D eigenvalue weighted by Crippen LogP contribution is 2.41. The van der Waals surface area contributed by atoms with E-state index in [-0.39, 0.29) is 29.1 Å². The number of benzene rings is 2. The third-order valence-corrected chi connectivity index (χ3v) is 7.07. The van der Waals surface area contributed by atoms with E-state index in [1.54, 1.807) is 29.7 Å². The largest absolute Gasteiger partial charge is 0.476 e. The number of ether oxygens (including phenoxy) is 1. The molecule has 5 rings (SSSR count). The van der Waals surface area contributed by atoms with Gasteiger partial charge in [-0.25, -0.2) is 27.3 Å². The van der Waals surface area contributed by atoms with Crippen molar-refractivity contribution in [3.63, 3.8) is 0 Å². The Balaban J connectivity index is 1.66. The molecule has 37 heavy (non-hydrogen) atoms. The highest BCUT2D eigenvalue weighted by Gasteiger charge is 2.35. The van der Waals surface area contributed by atoms with Crippen LogP contribution in [0.5, 0.6) is 5.75 Å². The van der Waals surface area contributed by atoms with E-state index in [4.69, 9.17) is 9.88 Å². The standard InChI is InChI=1S/C25H19F2N5O4S/c1-13-21(31-11-15(10-28)3-6-23(31)30-13)12-32-20-8-17(7-19(27)24(20)36-14(2)25(32)33)16-4-5-18(26)22(9-16)37(29,34)35/h3-9,11,14H,12H2,1-2H3,(H2,29,34,35)/t14-/m1/s1. The molecular formula is C25H19F2N5O4S. The van der Waals surface area contributed by atoms with Crippen molar-refractivity contribution in [3.05, 3.63) is 77.2 Å². The van der Waals surface area contributed by atoms with Gasteiger partial charge in [0, 0.05) is 6.20 Å².